The molecule has 0 unspecified atom stereocenters. The lowest BCUT2D eigenvalue weighted by Gasteiger charge is -2.76. The molecule has 3 saturated carbocycles. The molecule has 1 saturated heterocycles. The predicted octanol–water partition coefficient (Wildman–Crippen LogP) is 5.54. The second kappa shape index (κ2) is 9.25. The van der Waals surface area contributed by atoms with Crippen LogP contribution in [-0.2, 0) is 6.42 Å². The van der Waals surface area contributed by atoms with Gasteiger partial charge in [-0.05, 0) is 74.6 Å². The Morgan fingerprint density at radius 1 is 1.13 bits per heavy atom. The molecule has 8 rings (SSSR count). The Morgan fingerprint density at radius 2 is 1.87 bits per heavy atom. The largest absolute Gasteiger partial charge is 0.396 e. The summed E-state index contributed by atoms with van der Waals surface area (Å²) < 4.78 is 44.8. The van der Waals surface area contributed by atoms with Crippen molar-refractivity contribution in [2.75, 3.05) is 38.2 Å². The molecule has 2 bridgehead atoms. The Kier molecular flexibility index (Phi) is 6.03. The fraction of sp³-hybridized carbons (Fsp3) is 0.548. The van der Waals surface area contributed by atoms with Gasteiger partial charge < -0.3 is 20.3 Å². The molecule has 8 heteroatoms. The standard InChI is InChI=1S/C31H37F3N4O/c1-19-11-23-22-5-2-3-6-26(22)36-28(23)29(38(19)31-15-30(16-31,17-31)18-39)27-24(33)12-21(13-25(27)34)35-20-7-10-37(14-20)9-4-8-32/h2-3,5-6,12-13,19-20,29,35-36,39H,4,7-11,14-18H2,1H3/t19-,20-,29-,30?,31?/m0/s1. The molecule has 0 amide bonds. The summed E-state index contributed by atoms with van der Waals surface area (Å²) in [5.74, 6) is -1.08. The minimum Gasteiger partial charge on any atom is -0.396 e. The second-order valence-electron chi connectivity index (χ2n) is 12.7. The third kappa shape index (κ3) is 3.93. The van der Waals surface area contributed by atoms with Crippen LogP contribution in [0.25, 0.3) is 10.9 Å². The number of anilines is 1. The number of aromatic nitrogens is 1. The van der Waals surface area contributed by atoms with Crippen LogP contribution in [0.3, 0.4) is 0 Å². The van der Waals surface area contributed by atoms with Gasteiger partial charge in [-0.25, -0.2) is 8.78 Å². The van der Waals surface area contributed by atoms with Gasteiger partial charge in [0.1, 0.15) is 11.6 Å². The highest BCUT2D eigenvalue weighted by Gasteiger charge is 2.71. The molecule has 3 aliphatic carbocycles. The third-order valence-electron chi connectivity index (χ3n) is 9.97. The van der Waals surface area contributed by atoms with Crippen LogP contribution in [0.1, 0.15) is 61.9 Å². The minimum absolute atomic E-state index is 0.0186. The monoisotopic (exact) mass is 538 g/mol. The second-order valence-corrected chi connectivity index (χ2v) is 12.7. The Hall–Kier alpha value is -2.55. The van der Waals surface area contributed by atoms with Crippen molar-refractivity contribution in [1.82, 2.24) is 14.8 Å². The highest BCUT2D eigenvalue weighted by Crippen LogP contribution is 2.72. The van der Waals surface area contributed by atoms with Gasteiger partial charge in [0.25, 0.3) is 0 Å². The van der Waals surface area contributed by atoms with E-state index in [-0.39, 0.29) is 41.9 Å². The molecule has 0 spiro atoms. The van der Waals surface area contributed by atoms with E-state index in [1.807, 2.05) is 18.2 Å². The van der Waals surface area contributed by atoms with Gasteiger partial charge in [0, 0.05) is 71.7 Å². The van der Waals surface area contributed by atoms with Crippen molar-refractivity contribution in [2.45, 2.75) is 69.1 Å². The first kappa shape index (κ1) is 25.4. The average molecular weight is 539 g/mol. The molecule has 3 atom stereocenters. The maximum atomic E-state index is 16.1. The number of para-hydroxylation sites is 1. The van der Waals surface area contributed by atoms with Crippen molar-refractivity contribution in [2.24, 2.45) is 5.41 Å². The highest BCUT2D eigenvalue weighted by atomic mass is 19.1. The van der Waals surface area contributed by atoms with Crippen molar-refractivity contribution < 1.29 is 18.3 Å². The first-order chi connectivity index (χ1) is 18.9. The number of hydrogen-bond donors (Lipinski definition) is 3. The molecule has 5 aliphatic rings. The molecule has 3 N–H and O–H groups in total. The zero-order valence-corrected chi connectivity index (χ0v) is 22.4. The summed E-state index contributed by atoms with van der Waals surface area (Å²) in [5.41, 5.74) is 3.41. The Morgan fingerprint density at radius 3 is 2.59 bits per heavy atom. The Labute approximate surface area is 227 Å². The fourth-order valence-electron chi connectivity index (χ4n) is 8.47. The third-order valence-corrected chi connectivity index (χ3v) is 9.97. The van der Waals surface area contributed by atoms with Gasteiger partial charge in [0.15, 0.2) is 0 Å². The smallest absolute Gasteiger partial charge is 0.133 e. The number of likely N-dealkylation sites (tertiary alicyclic amines) is 1. The molecule has 2 aromatic carbocycles. The van der Waals surface area contributed by atoms with Gasteiger partial charge in [-0.3, -0.25) is 9.29 Å². The van der Waals surface area contributed by atoms with Crippen LogP contribution in [0.2, 0.25) is 0 Å². The summed E-state index contributed by atoms with van der Waals surface area (Å²) in [6.07, 6.45) is 4.80. The Bertz CT molecular complexity index is 1360. The van der Waals surface area contributed by atoms with E-state index in [4.69, 9.17) is 0 Å². The lowest BCUT2D eigenvalue weighted by molar-refractivity contribution is -0.254. The van der Waals surface area contributed by atoms with E-state index in [9.17, 15) is 9.50 Å². The number of nitrogens with zero attached hydrogens (tertiary/aromatic N) is 2. The number of fused-ring (bicyclic) bond motifs is 3. The van der Waals surface area contributed by atoms with Crippen molar-refractivity contribution in [3.8, 4) is 0 Å². The van der Waals surface area contributed by atoms with E-state index in [0.29, 0.717) is 18.7 Å². The molecule has 4 fully saturated rings. The number of aromatic amines is 1. The maximum Gasteiger partial charge on any atom is 0.133 e. The van der Waals surface area contributed by atoms with Crippen molar-refractivity contribution >= 4 is 16.6 Å². The van der Waals surface area contributed by atoms with Crippen LogP contribution in [0, 0.1) is 17.0 Å². The average Bonchev–Trinajstić information content (AvgIpc) is 3.46. The molecule has 208 valence electrons. The Balaban J connectivity index is 1.25. The summed E-state index contributed by atoms with van der Waals surface area (Å²) >= 11 is 0. The van der Waals surface area contributed by atoms with Crippen LogP contribution >= 0.6 is 0 Å². The molecule has 39 heavy (non-hydrogen) atoms. The number of aliphatic hydroxyl groups is 1. The minimum atomic E-state index is -0.565. The van der Waals surface area contributed by atoms with Crippen molar-refractivity contribution in [1.29, 1.82) is 0 Å². The summed E-state index contributed by atoms with van der Waals surface area (Å²) in [6, 6.07) is 10.6. The number of benzene rings is 2. The summed E-state index contributed by atoms with van der Waals surface area (Å²) in [4.78, 5) is 8.11. The van der Waals surface area contributed by atoms with Crippen LogP contribution < -0.4 is 5.32 Å². The molecule has 5 nitrogen and oxygen atoms in total. The number of nitrogens with one attached hydrogen (secondary N) is 2. The molecule has 0 radical (unpaired) electrons. The highest BCUT2D eigenvalue weighted by molar-refractivity contribution is 5.85. The van der Waals surface area contributed by atoms with Gasteiger partial charge in [-0.15, -0.1) is 0 Å². The SMILES string of the molecule is C[C@H]1Cc2c([nH]c3ccccc23)[C@H](c2c(F)cc(N[C@H]3CCN(CCCF)C3)cc2F)N1C12CC(CO)(C1)C2. The number of rotatable bonds is 8. The number of alkyl halides is 1. The lowest BCUT2D eigenvalue weighted by Crippen LogP contribution is -2.77. The van der Waals surface area contributed by atoms with E-state index in [1.165, 1.54) is 12.1 Å². The first-order valence-corrected chi connectivity index (χ1v) is 14.4. The van der Waals surface area contributed by atoms with Crippen molar-refractivity contribution in [3.63, 3.8) is 0 Å². The van der Waals surface area contributed by atoms with E-state index < -0.39 is 17.7 Å². The van der Waals surface area contributed by atoms with Crippen LogP contribution in [0.15, 0.2) is 36.4 Å². The summed E-state index contributed by atoms with van der Waals surface area (Å²) in [6.45, 7) is 4.32. The molecule has 3 aromatic rings. The van der Waals surface area contributed by atoms with Crippen LogP contribution in [0.4, 0.5) is 18.9 Å². The zero-order chi connectivity index (χ0) is 26.9. The summed E-state index contributed by atoms with van der Waals surface area (Å²) in [7, 11) is 0. The van der Waals surface area contributed by atoms with Gasteiger partial charge in [0.05, 0.1) is 12.7 Å². The molecular weight excluding hydrogens is 501 g/mol. The molecule has 3 heterocycles. The predicted molar refractivity (Wildman–Crippen MR) is 147 cm³/mol. The molecule has 2 aliphatic heterocycles. The van der Waals surface area contributed by atoms with Gasteiger partial charge in [-0.1, -0.05) is 18.2 Å². The number of aliphatic hydroxyl groups excluding tert-OH is 1. The normalized spacial score (nSPS) is 32.2. The quantitative estimate of drug-likeness (QED) is 0.353. The zero-order valence-electron chi connectivity index (χ0n) is 22.4. The summed E-state index contributed by atoms with van der Waals surface area (Å²) in [5, 5.41) is 14.4. The van der Waals surface area contributed by atoms with E-state index in [0.717, 1.165) is 67.4 Å². The van der Waals surface area contributed by atoms with Crippen LogP contribution in [0.5, 0.6) is 0 Å². The van der Waals surface area contributed by atoms with Crippen LogP contribution in [-0.4, -0.2) is 70.4 Å². The fourth-order valence-corrected chi connectivity index (χ4v) is 8.47. The van der Waals surface area contributed by atoms with E-state index >= 15 is 8.78 Å². The maximum absolute atomic E-state index is 16.1. The van der Waals surface area contributed by atoms with Gasteiger partial charge in [0.2, 0.25) is 0 Å². The lowest BCUT2D eigenvalue weighted by atomic mass is 9.38. The number of hydrogen-bond acceptors (Lipinski definition) is 4. The van der Waals surface area contributed by atoms with Crippen molar-refractivity contribution in [3.05, 3.63) is 64.9 Å². The molecular formula is C31H37F3N4O. The van der Waals surface area contributed by atoms with E-state index in [2.05, 4.69) is 33.1 Å². The van der Waals surface area contributed by atoms with E-state index in [1.54, 1.807) is 0 Å². The molecule has 1 aromatic heterocycles. The number of halogens is 3. The van der Waals surface area contributed by atoms with Gasteiger partial charge in [-0.2, -0.15) is 0 Å². The van der Waals surface area contributed by atoms with Gasteiger partial charge >= 0.3 is 0 Å². The topological polar surface area (TPSA) is 54.5 Å². The number of H-pyrrole nitrogens is 1. The first-order valence-electron chi connectivity index (χ1n) is 14.4.